The quantitative estimate of drug-likeness (QED) is 0.675. The SMILES string of the molecule is COCCNCCNC(=O)Cc1ccc(C)c(OC)c1.Cl. The second kappa shape index (κ2) is 11.4. The van der Waals surface area contributed by atoms with Crippen LogP contribution in [0.1, 0.15) is 11.1 Å². The Kier molecular flexibility index (Phi) is 10.7. The second-order valence-electron chi connectivity index (χ2n) is 4.57. The van der Waals surface area contributed by atoms with Crippen LogP contribution in [0.25, 0.3) is 0 Å². The molecule has 0 bridgehead atoms. The van der Waals surface area contributed by atoms with Gasteiger partial charge in [-0.25, -0.2) is 0 Å². The van der Waals surface area contributed by atoms with Crippen LogP contribution >= 0.6 is 12.4 Å². The number of benzene rings is 1. The van der Waals surface area contributed by atoms with Crippen molar-refractivity contribution >= 4 is 18.3 Å². The molecule has 0 radical (unpaired) electrons. The Morgan fingerprint density at radius 2 is 1.95 bits per heavy atom. The molecule has 1 aromatic rings. The molecule has 1 amide bonds. The molecule has 0 atom stereocenters. The highest BCUT2D eigenvalue weighted by Crippen LogP contribution is 2.19. The Morgan fingerprint density at radius 1 is 1.19 bits per heavy atom. The Balaban J connectivity index is 0.00000400. The van der Waals surface area contributed by atoms with E-state index in [1.807, 2.05) is 25.1 Å². The highest BCUT2D eigenvalue weighted by molar-refractivity contribution is 5.85. The molecule has 0 heterocycles. The van der Waals surface area contributed by atoms with Gasteiger partial charge in [-0.2, -0.15) is 0 Å². The van der Waals surface area contributed by atoms with Crippen molar-refractivity contribution in [1.29, 1.82) is 0 Å². The zero-order chi connectivity index (χ0) is 14.8. The number of carbonyl (C=O) groups is 1. The van der Waals surface area contributed by atoms with Gasteiger partial charge in [0, 0.05) is 26.7 Å². The topological polar surface area (TPSA) is 59.6 Å². The van der Waals surface area contributed by atoms with Gasteiger partial charge in [0.05, 0.1) is 20.1 Å². The molecular formula is C15H25ClN2O3. The maximum Gasteiger partial charge on any atom is 0.224 e. The molecule has 0 aliphatic rings. The van der Waals surface area contributed by atoms with Gasteiger partial charge < -0.3 is 20.1 Å². The first kappa shape index (κ1) is 19.7. The predicted octanol–water partition coefficient (Wildman–Crippen LogP) is 1.32. The number of rotatable bonds is 9. The molecule has 0 unspecified atom stereocenters. The van der Waals surface area contributed by atoms with Crippen LogP contribution in [-0.4, -0.2) is 46.4 Å². The molecule has 1 aromatic carbocycles. The zero-order valence-electron chi connectivity index (χ0n) is 12.9. The van der Waals surface area contributed by atoms with E-state index in [9.17, 15) is 4.79 Å². The average molecular weight is 317 g/mol. The third-order valence-electron chi connectivity index (χ3n) is 2.94. The van der Waals surface area contributed by atoms with Gasteiger partial charge in [0.2, 0.25) is 5.91 Å². The fourth-order valence-electron chi connectivity index (χ4n) is 1.81. The summed E-state index contributed by atoms with van der Waals surface area (Å²) in [4.78, 5) is 11.8. The van der Waals surface area contributed by atoms with Crippen LogP contribution in [0.3, 0.4) is 0 Å². The van der Waals surface area contributed by atoms with Gasteiger partial charge in [-0.15, -0.1) is 12.4 Å². The Labute approximate surface area is 132 Å². The van der Waals surface area contributed by atoms with E-state index in [-0.39, 0.29) is 18.3 Å². The molecule has 2 N–H and O–H groups in total. The number of hydrogen-bond donors (Lipinski definition) is 2. The smallest absolute Gasteiger partial charge is 0.224 e. The van der Waals surface area contributed by atoms with E-state index in [1.54, 1.807) is 14.2 Å². The van der Waals surface area contributed by atoms with Crippen LogP contribution in [-0.2, 0) is 16.0 Å². The number of hydrogen-bond acceptors (Lipinski definition) is 4. The minimum Gasteiger partial charge on any atom is -0.496 e. The van der Waals surface area contributed by atoms with Crippen molar-refractivity contribution in [1.82, 2.24) is 10.6 Å². The van der Waals surface area contributed by atoms with Crippen molar-refractivity contribution in [3.63, 3.8) is 0 Å². The van der Waals surface area contributed by atoms with E-state index in [2.05, 4.69) is 10.6 Å². The average Bonchev–Trinajstić information content (AvgIpc) is 2.44. The molecule has 0 saturated carbocycles. The summed E-state index contributed by atoms with van der Waals surface area (Å²) in [5, 5.41) is 6.05. The fraction of sp³-hybridized carbons (Fsp3) is 0.533. The third kappa shape index (κ3) is 7.90. The first-order valence-electron chi connectivity index (χ1n) is 6.77. The van der Waals surface area contributed by atoms with Crippen molar-refractivity contribution in [2.75, 3.05) is 40.5 Å². The van der Waals surface area contributed by atoms with Crippen molar-refractivity contribution in [2.45, 2.75) is 13.3 Å². The molecule has 6 heteroatoms. The second-order valence-corrected chi connectivity index (χ2v) is 4.57. The maximum atomic E-state index is 11.8. The summed E-state index contributed by atoms with van der Waals surface area (Å²) in [5.41, 5.74) is 2.02. The Bertz CT molecular complexity index is 427. The van der Waals surface area contributed by atoms with E-state index < -0.39 is 0 Å². The zero-order valence-corrected chi connectivity index (χ0v) is 13.7. The van der Waals surface area contributed by atoms with Gasteiger partial charge in [-0.1, -0.05) is 12.1 Å². The van der Waals surface area contributed by atoms with Crippen molar-refractivity contribution in [2.24, 2.45) is 0 Å². The lowest BCUT2D eigenvalue weighted by Crippen LogP contribution is -2.33. The minimum absolute atomic E-state index is 0. The molecule has 0 fully saturated rings. The van der Waals surface area contributed by atoms with Crippen LogP contribution in [0.2, 0.25) is 0 Å². The van der Waals surface area contributed by atoms with Crippen LogP contribution < -0.4 is 15.4 Å². The van der Waals surface area contributed by atoms with Crippen LogP contribution in [0.5, 0.6) is 5.75 Å². The summed E-state index contributed by atoms with van der Waals surface area (Å²) >= 11 is 0. The van der Waals surface area contributed by atoms with E-state index in [1.165, 1.54) is 0 Å². The molecule has 21 heavy (non-hydrogen) atoms. The number of nitrogens with one attached hydrogen (secondary N) is 2. The first-order chi connectivity index (χ1) is 9.67. The van der Waals surface area contributed by atoms with Gasteiger partial charge in [0.1, 0.15) is 5.75 Å². The molecule has 0 aromatic heterocycles. The summed E-state index contributed by atoms with van der Waals surface area (Å²) in [6.45, 7) is 4.81. The number of amides is 1. The van der Waals surface area contributed by atoms with Crippen LogP contribution in [0.15, 0.2) is 18.2 Å². The maximum absolute atomic E-state index is 11.8. The molecule has 5 nitrogen and oxygen atoms in total. The summed E-state index contributed by atoms with van der Waals surface area (Å²) in [6.07, 6.45) is 0.370. The Morgan fingerprint density at radius 3 is 2.62 bits per heavy atom. The van der Waals surface area contributed by atoms with Gasteiger partial charge in [-0.3, -0.25) is 4.79 Å². The molecule has 0 aliphatic carbocycles. The standard InChI is InChI=1S/C15H24N2O3.ClH/c1-12-4-5-13(10-14(12)20-3)11-15(18)17-7-6-16-8-9-19-2;/h4-5,10,16H,6-9,11H2,1-3H3,(H,17,18);1H. The normalized spacial score (nSPS) is 9.86. The summed E-state index contributed by atoms with van der Waals surface area (Å²) < 4.78 is 10.2. The van der Waals surface area contributed by atoms with E-state index in [0.717, 1.165) is 30.0 Å². The number of aryl methyl sites for hydroxylation is 1. The highest BCUT2D eigenvalue weighted by atomic mass is 35.5. The molecule has 0 saturated heterocycles. The van der Waals surface area contributed by atoms with Gasteiger partial charge in [0.25, 0.3) is 0 Å². The van der Waals surface area contributed by atoms with E-state index >= 15 is 0 Å². The van der Waals surface area contributed by atoms with Gasteiger partial charge in [0.15, 0.2) is 0 Å². The van der Waals surface area contributed by atoms with Crippen molar-refractivity contribution in [3.8, 4) is 5.75 Å². The summed E-state index contributed by atoms with van der Waals surface area (Å²) in [7, 11) is 3.30. The number of carbonyl (C=O) groups excluding carboxylic acids is 1. The number of methoxy groups -OCH3 is 2. The van der Waals surface area contributed by atoms with Gasteiger partial charge >= 0.3 is 0 Å². The molecule has 0 spiro atoms. The monoisotopic (exact) mass is 316 g/mol. The lowest BCUT2D eigenvalue weighted by molar-refractivity contribution is -0.120. The van der Waals surface area contributed by atoms with Gasteiger partial charge in [-0.05, 0) is 24.1 Å². The summed E-state index contributed by atoms with van der Waals surface area (Å²) in [6, 6.07) is 5.83. The van der Waals surface area contributed by atoms with Crippen LogP contribution in [0.4, 0.5) is 0 Å². The highest BCUT2D eigenvalue weighted by Gasteiger charge is 2.05. The third-order valence-corrected chi connectivity index (χ3v) is 2.94. The molecule has 0 aliphatic heterocycles. The fourth-order valence-corrected chi connectivity index (χ4v) is 1.81. The largest absolute Gasteiger partial charge is 0.496 e. The van der Waals surface area contributed by atoms with E-state index in [4.69, 9.17) is 9.47 Å². The van der Waals surface area contributed by atoms with Crippen LogP contribution in [0, 0.1) is 6.92 Å². The Hall–Kier alpha value is -1.30. The lowest BCUT2D eigenvalue weighted by atomic mass is 10.1. The van der Waals surface area contributed by atoms with Crippen molar-refractivity contribution in [3.05, 3.63) is 29.3 Å². The first-order valence-corrected chi connectivity index (χ1v) is 6.77. The lowest BCUT2D eigenvalue weighted by Gasteiger charge is -2.09. The molecule has 1 rings (SSSR count). The molecule has 120 valence electrons. The van der Waals surface area contributed by atoms with E-state index in [0.29, 0.717) is 19.6 Å². The number of ether oxygens (including phenoxy) is 2. The summed E-state index contributed by atoms with van der Waals surface area (Å²) in [5.74, 6) is 0.834. The van der Waals surface area contributed by atoms with Crippen molar-refractivity contribution < 1.29 is 14.3 Å². The predicted molar refractivity (Wildman–Crippen MR) is 86.4 cm³/mol. The minimum atomic E-state index is 0. The molecular weight excluding hydrogens is 292 g/mol. The number of halogens is 1.